The zero-order valence-electron chi connectivity index (χ0n) is 41.8. The van der Waals surface area contributed by atoms with Gasteiger partial charge in [-0.05, 0) is 186 Å². The highest BCUT2D eigenvalue weighted by Crippen LogP contribution is 2.68. The third-order valence-electron chi connectivity index (χ3n) is 18.8. The van der Waals surface area contributed by atoms with Crippen LogP contribution < -0.4 is 10.6 Å². The first-order chi connectivity index (χ1) is 32.9. The normalized spacial score (nSPS) is 40.9. The van der Waals surface area contributed by atoms with E-state index in [0.717, 1.165) is 134 Å². The van der Waals surface area contributed by atoms with E-state index >= 15 is 4.57 Å². The molecule has 0 heterocycles. The largest absolute Gasteiger partial charge is 0.481 e. The minimum Gasteiger partial charge on any atom is -0.481 e. The lowest BCUT2D eigenvalue weighted by molar-refractivity contribution is -0.153. The van der Waals surface area contributed by atoms with Gasteiger partial charge in [-0.25, -0.2) is 0 Å². The van der Waals surface area contributed by atoms with Gasteiger partial charge in [-0.2, -0.15) is 0 Å². The molecule has 14 heteroatoms. The molecule has 0 aromatic heterocycles. The van der Waals surface area contributed by atoms with E-state index in [2.05, 4.69) is 17.6 Å². The highest BCUT2D eigenvalue weighted by Gasteiger charge is 2.50. The summed E-state index contributed by atoms with van der Waals surface area (Å²) in [7, 11) is -1.02. The minimum atomic E-state index is -2.58. The van der Waals surface area contributed by atoms with Crippen molar-refractivity contribution in [1.29, 1.82) is 0 Å². The summed E-state index contributed by atoms with van der Waals surface area (Å²) in [5, 5.41) is 25.9. The molecule has 0 bridgehead atoms. The van der Waals surface area contributed by atoms with Gasteiger partial charge in [-0.15, -0.1) is 0 Å². The number of amides is 2. The van der Waals surface area contributed by atoms with Crippen LogP contribution in [0.25, 0.3) is 0 Å². The van der Waals surface area contributed by atoms with Crippen molar-refractivity contribution in [3.05, 3.63) is 0 Å². The summed E-state index contributed by atoms with van der Waals surface area (Å²) in [6.45, 7) is 2.35. The van der Waals surface area contributed by atoms with Crippen molar-refractivity contribution in [2.45, 2.75) is 278 Å². The van der Waals surface area contributed by atoms with Crippen LogP contribution >= 0.6 is 7.14 Å². The zero-order chi connectivity index (χ0) is 47.8. The van der Waals surface area contributed by atoms with Gasteiger partial charge < -0.3 is 44.4 Å². The third-order valence-corrected chi connectivity index (χ3v) is 23.8. The Hall–Kier alpha value is -2.05. The van der Waals surface area contributed by atoms with Crippen LogP contribution in [0, 0.1) is 29.6 Å². The Labute approximate surface area is 407 Å². The fraction of sp³-hybridized carbons (Fsp3) is 0.926. The van der Waals surface area contributed by atoms with Crippen LogP contribution in [0.3, 0.4) is 0 Å². The van der Waals surface area contributed by atoms with Gasteiger partial charge in [-0.1, -0.05) is 26.2 Å². The first kappa shape index (κ1) is 52.3. The summed E-state index contributed by atoms with van der Waals surface area (Å²) < 4.78 is 42.5. The number of hydrogen-bond acceptors (Lipinski definition) is 9. The van der Waals surface area contributed by atoms with Crippen LogP contribution in [0.2, 0.25) is 0 Å². The van der Waals surface area contributed by atoms with Crippen molar-refractivity contribution in [3.8, 4) is 0 Å². The molecule has 8 rings (SSSR count). The van der Waals surface area contributed by atoms with Gasteiger partial charge in [0.05, 0.1) is 79.6 Å². The zero-order valence-corrected chi connectivity index (χ0v) is 42.6. The monoisotopic (exact) mass is 973 g/mol. The second kappa shape index (κ2) is 24.6. The van der Waals surface area contributed by atoms with Crippen molar-refractivity contribution >= 4 is 30.9 Å². The maximum Gasteiger partial charge on any atom is 0.307 e. The number of hydrogen-bond donors (Lipinski definition) is 4. The molecule has 0 aromatic carbocycles. The molecule has 2 amide bonds. The molecule has 8 aliphatic carbocycles. The second-order valence-corrected chi connectivity index (χ2v) is 27.0. The van der Waals surface area contributed by atoms with Crippen LogP contribution in [0.4, 0.5) is 0 Å². The van der Waals surface area contributed by atoms with E-state index < -0.39 is 42.8 Å². The molecule has 8 saturated carbocycles. The van der Waals surface area contributed by atoms with Gasteiger partial charge in [0, 0.05) is 30.1 Å². The lowest BCUT2D eigenvalue weighted by Gasteiger charge is -2.46. The molecular formula is C54H89N2O11P. The first-order valence-electron chi connectivity index (χ1n) is 28.0. The van der Waals surface area contributed by atoms with Gasteiger partial charge in [0.15, 0.2) is 0 Å². The van der Waals surface area contributed by atoms with Crippen LogP contribution in [0.1, 0.15) is 206 Å². The lowest BCUT2D eigenvalue weighted by Crippen LogP contribution is -2.48. The molecule has 0 spiro atoms. The topological polar surface area (TPSA) is 187 Å². The summed E-state index contributed by atoms with van der Waals surface area (Å²) in [4.78, 5) is 51.0. The number of carboxylic acid groups (broad SMARTS) is 2. The fourth-order valence-corrected chi connectivity index (χ4v) is 20.0. The predicted molar refractivity (Wildman–Crippen MR) is 261 cm³/mol. The Balaban J connectivity index is 0.786. The molecule has 8 fully saturated rings. The standard InChI is InChI=1S/C54H89N2O11P/c1-34-11-15-36(16-12-34)64-40-7-6-8-41(31-40)65-37-17-13-35(14-18-37)56-52(58)50-33-43(24-30-48(50)54(61)62)67-39-21-27-46(28-22-39)68(63,44-9-4-3-5-10-44)45-25-19-38(20-26-45)66-42-23-29-47(53(59)60)49(32-42)51(57)55-2/h34-50H,3-33H2,1-2H3,(H,55,57)(H,56,58)(H,59,60)(H,61,62). The smallest absolute Gasteiger partial charge is 0.307 e. The Morgan fingerprint density at radius 1 is 0.412 bits per heavy atom. The number of ether oxygens (including phenoxy) is 4. The summed E-state index contributed by atoms with van der Waals surface area (Å²) in [5.74, 6) is -3.96. The van der Waals surface area contributed by atoms with Gasteiger partial charge >= 0.3 is 11.9 Å². The Morgan fingerprint density at radius 2 is 0.794 bits per heavy atom. The molecule has 386 valence electrons. The van der Waals surface area contributed by atoms with E-state index in [9.17, 15) is 29.4 Å². The van der Waals surface area contributed by atoms with Crippen LogP contribution in [-0.2, 0) is 42.7 Å². The number of aliphatic carboxylic acids is 2. The highest BCUT2D eigenvalue weighted by molar-refractivity contribution is 7.66. The minimum absolute atomic E-state index is 0.0254. The molecule has 0 aliphatic heterocycles. The Morgan fingerprint density at radius 3 is 1.24 bits per heavy atom. The number of nitrogens with one attached hydrogen (secondary N) is 2. The SMILES string of the molecule is CNC(=O)C1CC(OC2CCC(P(=O)(C3CCCCC3)C3CCC(OC4CCC(C(=O)O)C(C(=O)NC5CCC(OC6CCCC(OC7CCC(C)CC7)C6)CC5)C4)CC3)CC2)CCC1C(=O)O. The molecule has 4 N–H and O–H groups in total. The maximum absolute atomic E-state index is 15.8. The Bertz CT molecular complexity index is 1690. The van der Waals surface area contributed by atoms with Gasteiger partial charge in [0.2, 0.25) is 11.8 Å². The van der Waals surface area contributed by atoms with Gasteiger partial charge in [-0.3, -0.25) is 19.2 Å². The van der Waals surface area contributed by atoms with E-state index in [1.165, 1.54) is 32.1 Å². The molecule has 0 saturated heterocycles. The van der Waals surface area contributed by atoms with Crippen molar-refractivity contribution in [2.24, 2.45) is 29.6 Å². The predicted octanol–water partition coefficient (Wildman–Crippen LogP) is 10.2. The van der Waals surface area contributed by atoms with E-state index in [-0.39, 0.29) is 71.5 Å². The first-order valence-corrected chi connectivity index (χ1v) is 30.0. The fourth-order valence-electron chi connectivity index (χ4n) is 14.9. The van der Waals surface area contributed by atoms with E-state index in [1.54, 1.807) is 7.05 Å². The van der Waals surface area contributed by atoms with Crippen LogP contribution in [0.5, 0.6) is 0 Å². The highest BCUT2D eigenvalue weighted by atomic mass is 31.2. The van der Waals surface area contributed by atoms with Gasteiger partial charge in [0.1, 0.15) is 0 Å². The number of carboxylic acids is 2. The summed E-state index contributed by atoms with van der Waals surface area (Å²) in [6, 6.07) is 0.0282. The molecule has 9 unspecified atom stereocenters. The molecule has 13 nitrogen and oxygen atoms in total. The van der Waals surface area contributed by atoms with Gasteiger partial charge in [0.25, 0.3) is 0 Å². The third kappa shape index (κ3) is 13.3. The van der Waals surface area contributed by atoms with Crippen molar-refractivity contribution in [3.63, 3.8) is 0 Å². The maximum atomic E-state index is 15.8. The average Bonchev–Trinajstić information content (AvgIpc) is 3.35. The Kier molecular flexibility index (Phi) is 18.9. The number of carbonyl (C=O) groups is 4. The van der Waals surface area contributed by atoms with E-state index in [0.29, 0.717) is 50.7 Å². The molecule has 0 aromatic rings. The second-order valence-electron chi connectivity index (χ2n) is 23.3. The van der Waals surface area contributed by atoms with Crippen LogP contribution in [-0.4, -0.2) is 113 Å². The molecule has 68 heavy (non-hydrogen) atoms. The summed E-state index contributed by atoms with van der Waals surface area (Å²) in [6.07, 6.45) is 29.2. The average molecular weight is 973 g/mol. The quantitative estimate of drug-likeness (QED) is 0.108. The lowest BCUT2D eigenvalue weighted by atomic mass is 9.76. The van der Waals surface area contributed by atoms with Crippen LogP contribution in [0.15, 0.2) is 0 Å². The summed E-state index contributed by atoms with van der Waals surface area (Å²) in [5.41, 5.74) is 0.675. The van der Waals surface area contributed by atoms with E-state index in [1.807, 2.05) is 0 Å². The summed E-state index contributed by atoms with van der Waals surface area (Å²) >= 11 is 0. The van der Waals surface area contributed by atoms with E-state index in [4.69, 9.17) is 18.9 Å². The molecule has 8 aliphatic rings. The van der Waals surface area contributed by atoms with Crippen molar-refractivity contribution in [1.82, 2.24) is 10.6 Å². The molecule has 9 atom stereocenters. The number of rotatable bonds is 16. The molecule has 0 radical (unpaired) electrons. The van der Waals surface area contributed by atoms with Crippen molar-refractivity contribution in [2.75, 3.05) is 7.05 Å². The number of carbonyl (C=O) groups excluding carboxylic acids is 2. The van der Waals surface area contributed by atoms with Crippen molar-refractivity contribution < 1.29 is 52.9 Å². The molecular weight excluding hydrogens is 884 g/mol.